The van der Waals surface area contributed by atoms with Crippen LogP contribution in [0, 0.1) is 0 Å². The molecule has 0 aliphatic rings. The van der Waals surface area contributed by atoms with Gasteiger partial charge in [-0.3, -0.25) is 4.55 Å². The molecule has 120 valence electrons. The lowest BCUT2D eigenvalue weighted by molar-refractivity contribution is 0.215. The van der Waals surface area contributed by atoms with Crippen molar-refractivity contribution >= 4 is 15.8 Å². The van der Waals surface area contributed by atoms with Crippen molar-refractivity contribution in [3.05, 3.63) is 24.3 Å². The van der Waals surface area contributed by atoms with Gasteiger partial charge in [-0.2, -0.15) is 8.42 Å². The van der Waals surface area contributed by atoms with E-state index in [9.17, 15) is 18.6 Å². The van der Waals surface area contributed by atoms with E-state index in [2.05, 4.69) is 0 Å². The summed E-state index contributed by atoms with van der Waals surface area (Å²) >= 11 is 0. The van der Waals surface area contributed by atoms with Crippen LogP contribution in [0.1, 0.15) is 26.7 Å². The number of benzene rings is 1. The Morgan fingerprint density at radius 2 is 1.62 bits per heavy atom. The number of aliphatic hydroxyl groups excluding tert-OH is 2. The molecule has 3 N–H and O–H groups in total. The molecule has 1 aromatic rings. The SMILES string of the molecule is CCC(CO)N(c1cccc(S(=O)(=O)O)c1)C(CC)CO. The topological polar surface area (TPSA) is 98.1 Å². The van der Waals surface area contributed by atoms with Gasteiger partial charge in [0.2, 0.25) is 0 Å². The summed E-state index contributed by atoms with van der Waals surface area (Å²) in [7, 11) is -4.29. The monoisotopic (exact) mass is 317 g/mol. The highest BCUT2D eigenvalue weighted by Gasteiger charge is 2.25. The minimum atomic E-state index is -4.29. The van der Waals surface area contributed by atoms with Crippen molar-refractivity contribution in [2.24, 2.45) is 0 Å². The Balaban J connectivity index is 3.32. The third kappa shape index (κ3) is 4.41. The number of hydrogen-bond donors (Lipinski definition) is 3. The Hall–Kier alpha value is -1.15. The first kappa shape index (κ1) is 17.9. The summed E-state index contributed by atoms with van der Waals surface area (Å²) in [5.41, 5.74) is 0.548. The zero-order chi connectivity index (χ0) is 16.0. The van der Waals surface area contributed by atoms with Crippen LogP contribution in [0.3, 0.4) is 0 Å². The lowest BCUT2D eigenvalue weighted by Crippen LogP contribution is -2.46. The van der Waals surface area contributed by atoms with Crippen molar-refractivity contribution in [3.63, 3.8) is 0 Å². The fraction of sp³-hybridized carbons (Fsp3) is 0.571. The maximum absolute atomic E-state index is 11.3. The van der Waals surface area contributed by atoms with Crippen LogP contribution < -0.4 is 4.90 Å². The van der Waals surface area contributed by atoms with E-state index in [-0.39, 0.29) is 30.2 Å². The van der Waals surface area contributed by atoms with Crippen molar-refractivity contribution < 1.29 is 23.2 Å². The van der Waals surface area contributed by atoms with E-state index in [0.29, 0.717) is 18.5 Å². The largest absolute Gasteiger partial charge is 0.394 e. The van der Waals surface area contributed by atoms with E-state index in [4.69, 9.17) is 4.55 Å². The third-order valence-corrected chi connectivity index (χ3v) is 4.41. The normalized spacial score (nSPS) is 14.7. The van der Waals surface area contributed by atoms with Crippen LogP contribution in [0.4, 0.5) is 5.69 Å². The van der Waals surface area contributed by atoms with E-state index in [1.54, 1.807) is 6.07 Å². The number of aliphatic hydroxyl groups is 2. The standard InChI is InChI=1S/C14H23NO5S/c1-3-11(9-16)15(12(4-2)10-17)13-6-5-7-14(8-13)21(18,19)20/h5-8,11-12,16-17H,3-4,9-10H2,1-2H3,(H,18,19,20). The zero-order valence-electron chi connectivity index (χ0n) is 12.3. The molecule has 0 amide bonds. The zero-order valence-corrected chi connectivity index (χ0v) is 13.1. The molecular weight excluding hydrogens is 294 g/mol. The van der Waals surface area contributed by atoms with Crippen LogP contribution in [0.2, 0.25) is 0 Å². The Bertz CT molecular complexity index is 526. The molecule has 1 rings (SSSR count). The molecule has 0 saturated carbocycles. The molecular formula is C14H23NO5S. The van der Waals surface area contributed by atoms with Crippen LogP contribution in [0.15, 0.2) is 29.2 Å². The van der Waals surface area contributed by atoms with Gasteiger partial charge in [0.25, 0.3) is 10.1 Å². The van der Waals surface area contributed by atoms with E-state index in [1.807, 2.05) is 18.7 Å². The van der Waals surface area contributed by atoms with E-state index in [1.165, 1.54) is 18.2 Å². The van der Waals surface area contributed by atoms with Gasteiger partial charge in [-0.15, -0.1) is 0 Å². The van der Waals surface area contributed by atoms with Crippen molar-refractivity contribution in [2.45, 2.75) is 43.7 Å². The molecule has 21 heavy (non-hydrogen) atoms. The van der Waals surface area contributed by atoms with Crippen LogP contribution in [-0.2, 0) is 10.1 Å². The molecule has 0 aliphatic carbocycles. The summed E-state index contributed by atoms with van der Waals surface area (Å²) in [6.07, 6.45) is 1.28. The average molecular weight is 317 g/mol. The summed E-state index contributed by atoms with van der Waals surface area (Å²) < 4.78 is 31.7. The Morgan fingerprint density at radius 3 is 2.00 bits per heavy atom. The Morgan fingerprint density at radius 1 is 1.10 bits per heavy atom. The molecule has 0 fully saturated rings. The number of nitrogens with zero attached hydrogens (tertiary/aromatic N) is 1. The van der Waals surface area contributed by atoms with E-state index < -0.39 is 10.1 Å². The van der Waals surface area contributed by atoms with Gasteiger partial charge in [0, 0.05) is 5.69 Å². The first-order valence-electron chi connectivity index (χ1n) is 6.96. The Labute approximate surface area is 125 Å². The van der Waals surface area contributed by atoms with Gasteiger partial charge < -0.3 is 15.1 Å². The molecule has 0 radical (unpaired) electrons. The van der Waals surface area contributed by atoms with Crippen LogP contribution in [-0.4, -0.2) is 48.5 Å². The van der Waals surface area contributed by atoms with Gasteiger partial charge in [-0.1, -0.05) is 19.9 Å². The minimum Gasteiger partial charge on any atom is -0.394 e. The summed E-state index contributed by atoms with van der Waals surface area (Å²) in [5.74, 6) is 0. The first-order valence-corrected chi connectivity index (χ1v) is 8.40. The van der Waals surface area contributed by atoms with Crippen molar-refractivity contribution in [3.8, 4) is 0 Å². The minimum absolute atomic E-state index is 0.108. The third-order valence-electron chi connectivity index (χ3n) is 3.56. The average Bonchev–Trinajstić information content (AvgIpc) is 2.47. The van der Waals surface area contributed by atoms with Gasteiger partial charge in [-0.25, -0.2) is 0 Å². The molecule has 1 aromatic carbocycles. The molecule has 2 atom stereocenters. The van der Waals surface area contributed by atoms with Gasteiger partial charge in [0.1, 0.15) is 0 Å². The van der Waals surface area contributed by atoms with Crippen molar-refractivity contribution in [1.82, 2.24) is 0 Å². The molecule has 0 saturated heterocycles. The molecule has 0 spiro atoms. The highest BCUT2D eigenvalue weighted by atomic mass is 32.2. The lowest BCUT2D eigenvalue weighted by Gasteiger charge is -2.38. The van der Waals surface area contributed by atoms with Crippen LogP contribution in [0.5, 0.6) is 0 Å². The van der Waals surface area contributed by atoms with Crippen LogP contribution in [0.25, 0.3) is 0 Å². The quantitative estimate of drug-likeness (QED) is 0.625. The Kier molecular flexibility index (Phi) is 6.60. The summed E-state index contributed by atoms with van der Waals surface area (Å²) in [6.45, 7) is 3.60. The fourth-order valence-electron chi connectivity index (χ4n) is 2.35. The number of hydrogen-bond acceptors (Lipinski definition) is 5. The molecule has 0 heterocycles. The molecule has 6 nitrogen and oxygen atoms in total. The van der Waals surface area contributed by atoms with Crippen molar-refractivity contribution in [2.75, 3.05) is 18.1 Å². The van der Waals surface area contributed by atoms with Crippen molar-refractivity contribution in [1.29, 1.82) is 0 Å². The maximum atomic E-state index is 11.3. The number of rotatable bonds is 8. The van der Waals surface area contributed by atoms with Gasteiger partial charge in [-0.05, 0) is 31.0 Å². The maximum Gasteiger partial charge on any atom is 0.294 e. The predicted octanol–water partition coefficient (Wildman–Crippen LogP) is 1.28. The highest BCUT2D eigenvalue weighted by Crippen LogP contribution is 2.25. The molecule has 2 unspecified atom stereocenters. The van der Waals surface area contributed by atoms with Gasteiger partial charge >= 0.3 is 0 Å². The summed E-state index contributed by atoms with van der Waals surface area (Å²) in [4.78, 5) is 1.61. The van der Waals surface area contributed by atoms with Gasteiger partial charge in [0.05, 0.1) is 30.2 Å². The second-order valence-electron chi connectivity index (χ2n) is 4.87. The lowest BCUT2D eigenvalue weighted by atomic mass is 10.1. The molecule has 0 bridgehead atoms. The van der Waals surface area contributed by atoms with Crippen LogP contribution >= 0.6 is 0 Å². The predicted molar refractivity (Wildman–Crippen MR) is 81.1 cm³/mol. The highest BCUT2D eigenvalue weighted by molar-refractivity contribution is 7.85. The molecule has 7 heteroatoms. The van der Waals surface area contributed by atoms with Gasteiger partial charge in [0.15, 0.2) is 0 Å². The smallest absolute Gasteiger partial charge is 0.294 e. The van der Waals surface area contributed by atoms with E-state index >= 15 is 0 Å². The fourth-order valence-corrected chi connectivity index (χ4v) is 2.87. The number of anilines is 1. The second kappa shape index (κ2) is 7.74. The summed E-state index contributed by atoms with van der Waals surface area (Å²) in [6, 6.07) is 5.41. The second-order valence-corrected chi connectivity index (χ2v) is 6.29. The first-order chi connectivity index (χ1) is 9.88. The molecule has 0 aromatic heterocycles. The molecule has 0 aliphatic heterocycles. The summed E-state index contributed by atoms with van der Waals surface area (Å²) in [5, 5.41) is 19.1. The van der Waals surface area contributed by atoms with E-state index in [0.717, 1.165) is 0 Å².